The Morgan fingerprint density at radius 3 is 2.70 bits per heavy atom. The number of nitrogens with zero attached hydrogens (tertiary/aromatic N) is 2. The maximum absolute atomic E-state index is 12.4. The fourth-order valence-corrected chi connectivity index (χ4v) is 4.13. The molecule has 0 aliphatic rings. The lowest BCUT2D eigenvalue weighted by molar-refractivity contribution is -0.122. The van der Waals surface area contributed by atoms with E-state index in [9.17, 15) is 4.79 Å². The molecule has 27 heavy (non-hydrogen) atoms. The first kappa shape index (κ1) is 19.4. The SMILES string of the molecule is Cc1ccc(OC(C)C(=O)Nc2nnc(SCc3ccccc3)s2)c(C)c1. The maximum Gasteiger partial charge on any atom is 0.266 e. The lowest BCUT2D eigenvalue weighted by Crippen LogP contribution is -2.30. The second-order valence-corrected chi connectivity index (χ2v) is 8.37. The number of rotatable bonds is 7. The van der Waals surface area contributed by atoms with Crippen LogP contribution in [0.1, 0.15) is 23.6 Å². The summed E-state index contributed by atoms with van der Waals surface area (Å²) in [5.41, 5.74) is 3.38. The molecule has 1 heterocycles. The molecule has 140 valence electrons. The van der Waals surface area contributed by atoms with Gasteiger partial charge in [0, 0.05) is 5.75 Å². The van der Waals surface area contributed by atoms with Gasteiger partial charge in [-0.15, -0.1) is 10.2 Å². The molecule has 5 nitrogen and oxygen atoms in total. The molecule has 1 amide bonds. The molecule has 0 aliphatic carbocycles. The van der Waals surface area contributed by atoms with Crippen LogP contribution < -0.4 is 10.1 Å². The lowest BCUT2D eigenvalue weighted by atomic mass is 10.1. The van der Waals surface area contributed by atoms with Crippen LogP contribution in [-0.2, 0) is 10.5 Å². The van der Waals surface area contributed by atoms with Gasteiger partial charge in [-0.1, -0.05) is 71.1 Å². The van der Waals surface area contributed by atoms with Gasteiger partial charge in [0.2, 0.25) is 5.13 Å². The van der Waals surface area contributed by atoms with E-state index in [4.69, 9.17) is 4.74 Å². The summed E-state index contributed by atoms with van der Waals surface area (Å²) in [6.45, 7) is 5.71. The highest BCUT2D eigenvalue weighted by Gasteiger charge is 2.18. The first-order chi connectivity index (χ1) is 13.0. The van der Waals surface area contributed by atoms with Crippen molar-refractivity contribution < 1.29 is 9.53 Å². The van der Waals surface area contributed by atoms with Gasteiger partial charge in [-0.2, -0.15) is 0 Å². The van der Waals surface area contributed by atoms with Crippen molar-refractivity contribution in [1.82, 2.24) is 10.2 Å². The Labute approximate surface area is 167 Å². The number of anilines is 1. The normalized spacial score (nSPS) is 11.8. The minimum absolute atomic E-state index is 0.245. The predicted octanol–water partition coefficient (Wildman–Crippen LogP) is 4.85. The Morgan fingerprint density at radius 2 is 1.96 bits per heavy atom. The third-order valence-corrected chi connectivity index (χ3v) is 5.89. The fraction of sp³-hybridized carbons (Fsp3) is 0.250. The van der Waals surface area contributed by atoms with Crippen molar-refractivity contribution >= 4 is 34.1 Å². The number of aryl methyl sites for hydroxylation is 2. The fourth-order valence-electron chi connectivity index (χ4n) is 2.42. The number of hydrogen-bond acceptors (Lipinski definition) is 6. The van der Waals surface area contributed by atoms with Crippen LogP contribution in [0.4, 0.5) is 5.13 Å². The highest BCUT2D eigenvalue weighted by molar-refractivity contribution is 8.00. The maximum atomic E-state index is 12.4. The molecule has 1 unspecified atom stereocenters. The van der Waals surface area contributed by atoms with Crippen molar-refractivity contribution in [3.05, 3.63) is 65.2 Å². The summed E-state index contributed by atoms with van der Waals surface area (Å²) in [5.74, 6) is 1.28. The number of aromatic nitrogens is 2. The largest absolute Gasteiger partial charge is 0.481 e. The van der Waals surface area contributed by atoms with Crippen LogP contribution in [0.25, 0.3) is 0 Å². The second-order valence-electron chi connectivity index (χ2n) is 6.17. The van der Waals surface area contributed by atoms with Crippen LogP contribution in [-0.4, -0.2) is 22.2 Å². The molecule has 3 rings (SSSR count). The minimum Gasteiger partial charge on any atom is -0.481 e. The highest BCUT2D eigenvalue weighted by Crippen LogP contribution is 2.28. The van der Waals surface area contributed by atoms with E-state index in [1.54, 1.807) is 18.7 Å². The van der Waals surface area contributed by atoms with Crippen LogP contribution in [0, 0.1) is 13.8 Å². The molecular formula is C20H21N3O2S2. The van der Waals surface area contributed by atoms with Gasteiger partial charge in [-0.05, 0) is 38.0 Å². The van der Waals surface area contributed by atoms with Crippen molar-refractivity contribution in [3.8, 4) is 5.75 Å². The first-order valence-corrected chi connectivity index (χ1v) is 10.4. The van der Waals surface area contributed by atoms with Gasteiger partial charge >= 0.3 is 0 Å². The van der Waals surface area contributed by atoms with Gasteiger partial charge in [-0.3, -0.25) is 10.1 Å². The third kappa shape index (κ3) is 5.55. The molecule has 1 aromatic heterocycles. The molecule has 0 radical (unpaired) electrons. The lowest BCUT2D eigenvalue weighted by Gasteiger charge is -2.15. The van der Waals surface area contributed by atoms with Crippen LogP contribution in [0.15, 0.2) is 52.9 Å². The van der Waals surface area contributed by atoms with Crippen molar-refractivity contribution in [2.24, 2.45) is 0 Å². The number of ether oxygens (including phenoxy) is 1. The van der Waals surface area contributed by atoms with Gasteiger partial charge < -0.3 is 4.74 Å². The molecule has 0 saturated carbocycles. The molecular weight excluding hydrogens is 378 g/mol. The Kier molecular flexibility index (Phi) is 6.47. The third-order valence-electron chi connectivity index (χ3n) is 3.85. The topological polar surface area (TPSA) is 64.1 Å². The molecule has 3 aromatic rings. The summed E-state index contributed by atoms with van der Waals surface area (Å²) in [4.78, 5) is 12.4. The number of carbonyl (C=O) groups is 1. The number of nitrogens with one attached hydrogen (secondary N) is 1. The predicted molar refractivity (Wildman–Crippen MR) is 111 cm³/mol. The molecule has 1 atom stereocenters. The Bertz CT molecular complexity index is 913. The molecule has 2 aromatic carbocycles. The van der Waals surface area contributed by atoms with E-state index >= 15 is 0 Å². The van der Waals surface area contributed by atoms with Gasteiger partial charge in [-0.25, -0.2) is 0 Å². The zero-order valence-electron chi connectivity index (χ0n) is 15.4. The summed E-state index contributed by atoms with van der Waals surface area (Å²) in [5, 5.41) is 11.4. The van der Waals surface area contributed by atoms with Crippen molar-refractivity contribution in [3.63, 3.8) is 0 Å². The Morgan fingerprint density at radius 1 is 1.19 bits per heavy atom. The quantitative estimate of drug-likeness (QED) is 0.454. The molecule has 1 N–H and O–H groups in total. The number of benzene rings is 2. The molecule has 7 heteroatoms. The monoisotopic (exact) mass is 399 g/mol. The summed E-state index contributed by atoms with van der Waals surface area (Å²) >= 11 is 2.96. The smallest absolute Gasteiger partial charge is 0.266 e. The highest BCUT2D eigenvalue weighted by atomic mass is 32.2. The van der Waals surface area contributed by atoms with Gasteiger partial charge in [0.25, 0.3) is 5.91 Å². The van der Waals surface area contributed by atoms with Gasteiger partial charge in [0.05, 0.1) is 0 Å². The average Bonchev–Trinajstić information content (AvgIpc) is 3.10. The molecule has 0 bridgehead atoms. The second kappa shape index (κ2) is 9.01. The van der Waals surface area contributed by atoms with Crippen LogP contribution in [0.2, 0.25) is 0 Å². The zero-order valence-corrected chi connectivity index (χ0v) is 17.1. The van der Waals surface area contributed by atoms with Crippen molar-refractivity contribution in [1.29, 1.82) is 0 Å². The van der Waals surface area contributed by atoms with E-state index < -0.39 is 6.10 Å². The summed E-state index contributed by atoms with van der Waals surface area (Å²) in [6, 6.07) is 16.0. The summed E-state index contributed by atoms with van der Waals surface area (Å²) in [7, 11) is 0. The van der Waals surface area contributed by atoms with Crippen LogP contribution in [0.3, 0.4) is 0 Å². The number of carbonyl (C=O) groups excluding carboxylic acids is 1. The van der Waals surface area contributed by atoms with E-state index in [0.717, 1.165) is 21.2 Å². The number of amides is 1. The van der Waals surface area contributed by atoms with Crippen LogP contribution in [0.5, 0.6) is 5.75 Å². The first-order valence-electron chi connectivity index (χ1n) is 8.56. The van der Waals surface area contributed by atoms with E-state index in [1.807, 2.05) is 50.2 Å². The zero-order chi connectivity index (χ0) is 19.2. The summed E-state index contributed by atoms with van der Waals surface area (Å²) < 4.78 is 6.60. The van der Waals surface area contributed by atoms with Gasteiger partial charge in [0.1, 0.15) is 5.75 Å². The van der Waals surface area contributed by atoms with Crippen LogP contribution >= 0.6 is 23.1 Å². The molecule has 0 spiro atoms. The molecule has 0 fully saturated rings. The average molecular weight is 400 g/mol. The van der Waals surface area contributed by atoms with E-state index in [1.165, 1.54) is 16.9 Å². The van der Waals surface area contributed by atoms with E-state index in [-0.39, 0.29) is 5.91 Å². The number of thioether (sulfide) groups is 1. The van der Waals surface area contributed by atoms with Crippen molar-refractivity contribution in [2.75, 3.05) is 5.32 Å². The minimum atomic E-state index is -0.629. The summed E-state index contributed by atoms with van der Waals surface area (Å²) in [6.07, 6.45) is -0.629. The van der Waals surface area contributed by atoms with E-state index in [2.05, 4.69) is 27.6 Å². The Balaban J connectivity index is 1.53. The molecule has 0 saturated heterocycles. The van der Waals surface area contributed by atoms with E-state index in [0.29, 0.717) is 10.9 Å². The molecule has 0 aliphatic heterocycles. The van der Waals surface area contributed by atoms with Gasteiger partial charge in [0.15, 0.2) is 10.4 Å². The van der Waals surface area contributed by atoms with Crippen molar-refractivity contribution in [2.45, 2.75) is 37.0 Å². The number of hydrogen-bond donors (Lipinski definition) is 1. The standard InChI is InChI=1S/C20H21N3O2S2/c1-13-9-10-17(14(2)11-13)25-15(3)18(24)21-19-22-23-20(27-19)26-12-16-7-5-4-6-8-16/h4-11,15H,12H2,1-3H3,(H,21,22,24). The Hall–Kier alpha value is -2.38.